The van der Waals surface area contributed by atoms with E-state index in [2.05, 4.69) is 15.5 Å². The SMILES string of the molecule is Cc1nccc(-c2ccc(C[C@H](NC(=O)[C@@H]3Cc4cc5c(cc4CN3C(=O)c3cnoc3C)O[C@@H](c3ccc(OCc4ccc(Cl)c(Cl)c4)cc3)CO5)C(=O)O)cc2)c1C. The number of aryl methyl sites for hydroxylation is 2. The van der Waals surface area contributed by atoms with Crippen molar-refractivity contribution in [3.63, 3.8) is 0 Å². The van der Waals surface area contributed by atoms with Crippen LogP contribution in [0.1, 0.15) is 61.3 Å². The number of rotatable bonds is 11. The van der Waals surface area contributed by atoms with Crippen LogP contribution in [-0.2, 0) is 35.6 Å². The molecular formula is C46H40Cl2N4O8. The number of aromatic nitrogens is 2. The van der Waals surface area contributed by atoms with E-state index < -0.39 is 36.0 Å². The third kappa shape index (κ3) is 8.52. The van der Waals surface area contributed by atoms with Crippen LogP contribution >= 0.6 is 23.2 Å². The van der Waals surface area contributed by atoms with E-state index in [0.29, 0.717) is 39.7 Å². The summed E-state index contributed by atoms with van der Waals surface area (Å²) >= 11 is 12.2. The maximum atomic E-state index is 14.2. The fourth-order valence-corrected chi connectivity index (χ4v) is 7.79. The van der Waals surface area contributed by atoms with Crippen molar-refractivity contribution in [2.45, 2.75) is 65.0 Å². The van der Waals surface area contributed by atoms with Gasteiger partial charge in [0.2, 0.25) is 5.91 Å². The summed E-state index contributed by atoms with van der Waals surface area (Å²) in [6.45, 7) is 6.17. The van der Waals surface area contributed by atoms with Crippen LogP contribution in [0.4, 0.5) is 0 Å². The summed E-state index contributed by atoms with van der Waals surface area (Å²) in [5, 5.41) is 17.7. The minimum absolute atomic E-state index is 0.0338. The van der Waals surface area contributed by atoms with Crippen LogP contribution in [0.3, 0.4) is 0 Å². The molecule has 2 aliphatic rings. The number of carbonyl (C=O) groups excluding carboxylic acids is 2. The fourth-order valence-electron chi connectivity index (χ4n) is 7.47. The second-order valence-corrected chi connectivity index (χ2v) is 15.7. The number of amides is 2. The minimum atomic E-state index is -1.26. The van der Waals surface area contributed by atoms with Crippen molar-refractivity contribution in [1.29, 1.82) is 0 Å². The lowest BCUT2D eigenvalue weighted by atomic mass is 9.91. The van der Waals surface area contributed by atoms with Crippen molar-refractivity contribution in [3.8, 4) is 28.4 Å². The first-order chi connectivity index (χ1) is 28.9. The molecule has 2 N–H and O–H groups in total. The van der Waals surface area contributed by atoms with Gasteiger partial charge < -0.3 is 34.1 Å². The Hall–Kier alpha value is -6.37. The molecular weight excluding hydrogens is 807 g/mol. The average Bonchev–Trinajstić information content (AvgIpc) is 3.69. The van der Waals surface area contributed by atoms with Crippen molar-refractivity contribution < 1.29 is 38.2 Å². The highest BCUT2D eigenvalue weighted by Crippen LogP contribution is 2.41. The standard InChI is InChI=1S/C46H40Cl2N4O8/c1-25-26(2)49-15-14-35(25)30-7-4-28(5-8-30)17-39(46(55)56)51-44(53)40-18-32-19-41-42(20-33(32)22-52(40)45(54)36-21-50-60-27(36)3)59-43(24-58-41)31-9-11-34(12-10-31)57-23-29-6-13-37(47)38(48)16-29/h4-16,19-21,39-40,43H,17-18,22-24H2,1-3H3,(H,51,53)(H,55,56)/t39-,40-,43+/m0/s1. The van der Waals surface area contributed by atoms with E-state index in [1.54, 1.807) is 25.3 Å². The molecule has 4 heterocycles. The van der Waals surface area contributed by atoms with Gasteiger partial charge in [0.05, 0.1) is 16.2 Å². The Kier molecular flexibility index (Phi) is 11.5. The molecule has 306 valence electrons. The largest absolute Gasteiger partial charge is 0.489 e. The van der Waals surface area contributed by atoms with E-state index >= 15 is 0 Å². The number of ether oxygens (including phenoxy) is 3. The zero-order valence-electron chi connectivity index (χ0n) is 32.9. The molecule has 14 heteroatoms. The lowest BCUT2D eigenvalue weighted by molar-refractivity contribution is -0.142. The van der Waals surface area contributed by atoms with Gasteiger partial charge >= 0.3 is 5.97 Å². The van der Waals surface area contributed by atoms with Crippen LogP contribution in [0.25, 0.3) is 11.1 Å². The summed E-state index contributed by atoms with van der Waals surface area (Å²) in [5.41, 5.74) is 8.22. The Balaban J connectivity index is 0.982. The summed E-state index contributed by atoms with van der Waals surface area (Å²) in [6.07, 6.45) is 2.79. The van der Waals surface area contributed by atoms with Crippen molar-refractivity contribution in [2.75, 3.05) is 6.61 Å². The van der Waals surface area contributed by atoms with Crippen molar-refractivity contribution in [3.05, 3.63) is 158 Å². The summed E-state index contributed by atoms with van der Waals surface area (Å²) < 4.78 is 23.8. The first-order valence-electron chi connectivity index (χ1n) is 19.3. The quantitative estimate of drug-likeness (QED) is 0.130. The predicted octanol–water partition coefficient (Wildman–Crippen LogP) is 8.44. The highest BCUT2D eigenvalue weighted by atomic mass is 35.5. The summed E-state index contributed by atoms with van der Waals surface area (Å²) in [5.74, 6) is -0.316. The minimum Gasteiger partial charge on any atom is -0.489 e. The molecule has 3 atom stereocenters. The summed E-state index contributed by atoms with van der Waals surface area (Å²) in [4.78, 5) is 46.6. The number of benzene rings is 4. The van der Waals surface area contributed by atoms with Gasteiger partial charge in [-0.1, -0.05) is 70.8 Å². The second kappa shape index (κ2) is 17.1. The van der Waals surface area contributed by atoms with E-state index in [4.69, 9.17) is 41.9 Å². The Morgan fingerprint density at radius 3 is 2.38 bits per heavy atom. The van der Waals surface area contributed by atoms with E-state index in [1.165, 1.54) is 11.1 Å². The predicted molar refractivity (Wildman–Crippen MR) is 224 cm³/mol. The molecule has 0 saturated carbocycles. The monoisotopic (exact) mass is 846 g/mol. The van der Waals surface area contributed by atoms with Gasteiger partial charge in [0, 0.05) is 31.3 Å². The van der Waals surface area contributed by atoms with Gasteiger partial charge in [-0.25, -0.2) is 4.79 Å². The van der Waals surface area contributed by atoms with Gasteiger partial charge in [-0.2, -0.15) is 0 Å². The molecule has 8 rings (SSSR count). The highest BCUT2D eigenvalue weighted by Gasteiger charge is 2.39. The molecule has 2 amide bonds. The third-order valence-corrected chi connectivity index (χ3v) is 11.8. The molecule has 6 aromatic rings. The Morgan fingerprint density at radius 1 is 0.917 bits per heavy atom. The van der Waals surface area contributed by atoms with Crippen LogP contribution in [-0.4, -0.2) is 56.6 Å². The number of carboxylic acids is 1. The molecule has 0 saturated heterocycles. The highest BCUT2D eigenvalue weighted by molar-refractivity contribution is 6.42. The Labute approximate surface area is 356 Å². The van der Waals surface area contributed by atoms with E-state index in [1.807, 2.05) is 86.6 Å². The lowest BCUT2D eigenvalue weighted by Crippen LogP contribution is -2.56. The number of hydrogen-bond acceptors (Lipinski definition) is 9. The summed E-state index contributed by atoms with van der Waals surface area (Å²) in [7, 11) is 0. The molecule has 0 aliphatic carbocycles. The molecule has 0 spiro atoms. The first-order valence-corrected chi connectivity index (χ1v) is 20.1. The number of carbonyl (C=O) groups is 3. The molecule has 2 aliphatic heterocycles. The van der Waals surface area contributed by atoms with Crippen molar-refractivity contribution >= 4 is 41.0 Å². The van der Waals surface area contributed by atoms with Crippen LogP contribution in [0.15, 0.2) is 102 Å². The van der Waals surface area contributed by atoms with Gasteiger partial charge in [-0.3, -0.25) is 14.6 Å². The van der Waals surface area contributed by atoms with Gasteiger partial charge in [0.25, 0.3) is 5.91 Å². The number of carboxylic acid groups (broad SMARTS) is 1. The average molecular weight is 848 g/mol. The number of fused-ring (bicyclic) bond motifs is 2. The Morgan fingerprint density at radius 2 is 1.67 bits per heavy atom. The van der Waals surface area contributed by atoms with Crippen LogP contribution < -0.4 is 19.5 Å². The second-order valence-electron chi connectivity index (χ2n) is 14.9. The molecule has 0 radical (unpaired) electrons. The first kappa shape index (κ1) is 40.4. The van der Waals surface area contributed by atoms with Crippen molar-refractivity contribution in [2.24, 2.45) is 0 Å². The van der Waals surface area contributed by atoms with Crippen LogP contribution in [0, 0.1) is 20.8 Å². The van der Waals surface area contributed by atoms with Crippen LogP contribution in [0.2, 0.25) is 10.0 Å². The molecule has 2 aromatic heterocycles. The van der Waals surface area contributed by atoms with Gasteiger partial charge in [-0.05, 0) is 108 Å². The third-order valence-electron chi connectivity index (χ3n) is 11.0. The van der Waals surface area contributed by atoms with E-state index in [-0.39, 0.29) is 31.6 Å². The summed E-state index contributed by atoms with van der Waals surface area (Å²) in [6, 6.07) is 23.8. The Bertz CT molecular complexity index is 2600. The normalized spacial score (nSPS) is 16.1. The van der Waals surface area contributed by atoms with Gasteiger partial charge in [0.1, 0.15) is 42.4 Å². The zero-order valence-corrected chi connectivity index (χ0v) is 34.4. The zero-order chi connectivity index (χ0) is 42.1. The number of halogens is 2. The lowest BCUT2D eigenvalue weighted by Gasteiger charge is -2.37. The molecule has 0 unspecified atom stereocenters. The number of pyridine rings is 1. The number of nitrogens with one attached hydrogen (secondary N) is 1. The van der Waals surface area contributed by atoms with Crippen molar-refractivity contribution in [1.82, 2.24) is 20.4 Å². The van der Waals surface area contributed by atoms with Crippen LogP contribution in [0.5, 0.6) is 17.2 Å². The topological polar surface area (TPSA) is 153 Å². The smallest absolute Gasteiger partial charge is 0.326 e. The number of nitrogens with zero attached hydrogens (tertiary/aromatic N) is 3. The molecule has 0 bridgehead atoms. The maximum absolute atomic E-state index is 14.2. The number of hydrogen-bond donors (Lipinski definition) is 2. The fraction of sp³-hybridized carbons (Fsp3) is 0.239. The van der Waals surface area contributed by atoms with Gasteiger partial charge in [0.15, 0.2) is 17.6 Å². The molecule has 12 nitrogen and oxygen atoms in total. The van der Waals surface area contributed by atoms with E-state index in [9.17, 15) is 19.5 Å². The number of aliphatic carboxylic acids is 1. The molecule has 0 fully saturated rings. The molecule has 4 aromatic carbocycles. The van der Waals surface area contributed by atoms with E-state index in [0.717, 1.165) is 50.2 Å². The molecule has 60 heavy (non-hydrogen) atoms. The maximum Gasteiger partial charge on any atom is 0.326 e. The van der Waals surface area contributed by atoms with Gasteiger partial charge in [-0.15, -0.1) is 0 Å².